The fraction of sp³-hybridized carbons (Fsp3) is 0.417. The molecule has 0 aromatic carbocycles. The van der Waals surface area contributed by atoms with Crippen LogP contribution in [0.2, 0.25) is 0 Å². The summed E-state index contributed by atoms with van der Waals surface area (Å²) in [5, 5.41) is 1.15. The minimum atomic E-state index is 0.162. The second-order valence-corrected chi connectivity index (χ2v) is 6.61. The number of nitrogens with two attached hydrogens (primary N) is 1. The van der Waals surface area contributed by atoms with Crippen LogP contribution >= 0.6 is 22.7 Å². The van der Waals surface area contributed by atoms with Gasteiger partial charge in [-0.25, -0.2) is 4.98 Å². The van der Waals surface area contributed by atoms with Crippen LogP contribution in [0.4, 0.5) is 0 Å². The first kappa shape index (κ1) is 10.4. The first-order chi connectivity index (χ1) is 7.74. The van der Waals surface area contributed by atoms with Crippen LogP contribution in [-0.4, -0.2) is 4.98 Å². The Morgan fingerprint density at radius 3 is 2.94 bits per heavy atom. The van der Waals surface area contributed by atoms with E-state index in [-0.39, 0.29) is 6.04 Å². The number of fused-ring (bicyclic) bond motifs is 1. The van der Waals surface area contributed by atoms with Crippen molar-refractivity contribution in [3.8, 4) is 9.88 Å². The molecular weight excluding hydrogens is 236 g/mol. The number of hydrogen-bond acceptors (Lipinski definition) is 4. The SMILES string of the molecule is Cc1ccc(-c2nc3c(s2)CCCC3N)s1. The van der Waals surface area contributed by atoms with Gasteiger partial charge in [-0.3, -0.25) is 0 Å². The van der Waals surface area contributed by atoms with Gasteiger partial charge in [-0.1, -0.05) is 0 Å². The van der Waals surface area contributed by atoms with Crippen LogP contribution in [-0.2, 0) is 6.42 Å². The molecule has 2 aromatic rings. The van der Waals surface area contributed by atoms with Crippen LogP contribution < -0.4 is 5.73 Å². The number of thiophene rings is 1. The molecule has 1 aliphatic carbocycles. The Labute approximate surface area is 103 Å². The number of thiazole rings is 1. The maximum atomic E-state index is 6.09. The first-order valence-corrected chi connectivity index (χ1v) is 7.19. The molecule has 1 aliphatic rings. The molecule has 3 rings (SSSR count). The van der Waals surface area contributed by atoms with E-state index in [1.165, 1.54) is 21.1 Å². The van der Waals surface area contributed by atoms with E-state index in [9.17, 15) is 0 Å². The van der Waals surface area contributed by atoms with Gasteiger partial charge in [0.05, 0.1) is 10.6 Å². The van der Waals surface area contributed by atoms with E-state index in [1.807, 2.05) is 22.7 Å². The molecule has 0 saturated carbocycles. The van der Waals surface area contributed by atoms with Crippen molar-refractivity contribution in [2.45, 2.75) is 32.2 Å². The van der Waals surface area contributed by atoms with Crippen molar-refractivity contribution < 1.29 is 0 Å². The van der Waals surface area contributed by atoms with Crippen LogP contribution in [0.5, 0.6) is 0 Å². The van der Waals surface area contributed by atoms with E-state index in [1.54, 1.807) is 0 Å². The highest BCUT2D eigenvalue weighted by Gasteiger charge is 2.22. The molecule has 2 nitrogen and oxygen atoms in total. The highest BCUT2D eigenvalue weighted by molar-refractivity contribution is 7.21. The number of aryl methyl sites for hydroxylation is 2. The summed E-state index contributed by atoms with van der Waals surface area (Å²) in [5.74, 6) is 0. The molecular formula is C12H14N2S2. The van der Waals surface area contributed by atoms with Crippen LogP contribution in [0.25, 0.3) is 9.88 Å². The standard InChI is InChI=1S/C12H14N2S2/c1-7-5-6-10(15-7)12-14-11-8(13)3-2-4-9(11)16-12/h5-6,8H,2-4,13H2,1H3. The minimum Gasteiger partial charge on any atom is -0.323 e. The van der Waals surface area contributed by atoms with E-state index in [2.05, 4.69) is 19.1 Å². The van der Waals surface area contributed by atoms with Crippen molar-refractivity contribution in [3.63, 3.8) is 0 Å². The van der Waals surface area contributed by atoms with Crippen LogP contribution in [0.1, 0.15) is 34.3 Å². The van der Waals surface area contributed by atoms with Crippen LogP contribution in [0.3, 0.4) is 0 Å². The van der Waals surface area contributed by atoms with Crippen molar-refractivity contribution in [1.82, 2.24) is 4.98 Å². The van der Waals surface area contributed by atoms with Crippen molar-refractivity contribution in [2.75, 3.05) is 0 Å². The summed E-state index contributed by atoms with van der Waals surface area (Å²) in [5.41, 5.74) is 7.24. The van der Waals surface area contributed by atoms with E-state index in [4.69, 9.17) is 10.7 Å². The summed E-state index contributed by atoms with van der Waals surface area (Å²) in [6.45, 7) is 2.13. The van der Waals surface area contributed by atoms with Gasteiger partial charge >= 0.3 is 0 Å². The lowest BCUT2D eigenvalue weighted by Gasteiger charge is -2.15. The molecule has 0 saturated heterocycles. The van der Waals surface area contributed by atoms with Crippen molar-refractivity contribution >= 4 is 22.7 Å². The molecule has 0 spiro atoms. The summed E-state index contributed by atoms with van der Waals surface area (Å²) in [4.78, 5) is 8.74. The highest BCUT2D eigenvalue weighted by atomic mass is 32.1. The largest absolute Gasteiger partial charge is 0.323 e. The van der Waals surface area contributed by atoms with Crippen LogP contribution in [0, 0.1) is 6.92 Å². The molecule has 0 fully saturated rings. The average molecular weight is 250 g/mol. The third kappa shape index (κ3) is 1.71. The molecule has 4 heteroatoms. The molecule has 2 N–H and O–H groups in total. The van der Waals surface area contributed by atoms with E-state index < -0.39 is 0 Å². The van der Waals surface area contributed by atoms with Gasteiger partial charge in [-0.15, -0.1) is 22.7 Å². The Bertz CT molecular complexity index is 513. The topological polar surface area (TPSA) is 38.9 Å². The molecule has 2 heterocycles. The third-order valence-corrected chi connectivity index (χ3v) is 5.25. The first-order valence-electron chi connectivity index (χ1n) is 5.56. The average Bonchev–Trinajstić information content (AvgIpc) is 2.84. The molecule has 0 radical (unpaired) electrons. The quantitative estimate of drug-likeness (QED) is 0.841. The Hall–Kier alpha value is -0.710. The lowest BCUT2D eigenvalue weighted by Crippen LogP contribution is -2.16. The minimum absolute atomic E-state index is 0.162. The number of hydrogen-bond donors (Lipinski definition) is 1. The van der Waals surface area contributed by atoms with Gasteiger partial charge in [-0.05, 0) is 38.3 Å². The van der Waals surface area contributed by atoms with Crippen molar-refractivity contribution in [1.29, 1.82) is 0 Å². The van der Waals surface area contributed by atoms with Gasteiger partial charge < -0.3 is 5.73 Å². The fourth-order valence-corrected chi connectivity index (χ4v) is 4.20. The molecule has 2 aromatic heterocycles. The molecule has 0 bridgehead atoms. The zero-order chi connectivity index (χ0) is 11.1. The molecule has 16 heavy (non-hydrogen) atoms. The zero-order valence-electron chi connectivity index (χ0n) is 9.19. The monoisotopic (exact) mass is 250 g/mol. The lowest BCUT2D eigenvalue weighted by molar-refractivity contribution is 0.564. The second-order valence-electron chi connectivity index (χ2n) is 4.24. The predicted molar refractivity (Wildman–Crippen MR) is 70.0 cm³/mol. The molecule has 1 atom stereocenters. The summed E-state index contributed by atoms with van der Waals surface area (Å²) in [6, 6.07) is 4.48. The second kappa shape index (κ2) is 3.95. The van der Waals surface area contributed by atoms with Crippen molar-refractivity contribution in [2.24, 2.45) is 5.73 Å². The van der Waals surface area contributed by atoms with Gasteiger partial charge in [0.1, 0.15) is 5.01 Å². The zero-order valence-corrected chi connectivity index (χ0v) is 10.8. The van der Waals surface area contributed by atoms with E-state index in [0.717, 1.165) is 23.5 Å². The lowest BCUT2D eigenvalue weighted by atomic mass is 9.99. The van der Waals surface area contributed by atoms with Gasteiger partial charge in [0.25, 0.3) is 0 Å². The third-order valence-electron chi connectivity index (χ3n) is 2.95. The van der Waals surface area contributed by atoms with Gasteiger partial charge in [0, 0.05) is 15.8 Å². The normalized spacial score (nSPS) is 19.8. The Kier molecular flexibility index (Phi) is 2.58. The maximum absolute atomic E-state index is 6.09. The van der Waals surface area contributed by atoms with Gasteiger partial charge in [0.15, 0.2) is 0 Å². The Morgan fingerprint density at radius 1 is 1.38 bits per heavy atom. The molecule has 0 aliphatic heterocycles. The van der Waals surface area contributed by atoms with E-state index >= 15 is 0 Å². The number of rotatable bonds is 1. The Balaban J connectivity index is 2.04. The summed E-state index contributed by atoms with van der Waals surface area (Å²) in [6.07, 6.45) is 3.45. The number of nitrogens with zero attached hydrogens (tertiary/aromatic N) is 1. The highest BCUT2D eigenvalue weighted by Crippen LogP contribution is 2.38. The summed E-state index contributed by atoms with van der Waals surface area (Å²) in [7, 11) is 0. The van der Waals surface area contributed by atoms with Gasteiger partial charge in [-0.2, -0.15) is 0 Å². The fourth-order valence-electron chi connectivity index (χ4n) is 2.11. The molecule has 84 valence electrons. The molecule has 1 unspecified atom stereocenters. The Morgan fingerprint density at radius 2 is 2.25 bits per heavy atom. The molecule has 0 amide bonds. The predicted octanol–water partition coefficient (Wildman–Crippen LogP) is 3.52. The summed E-state index contributed by atoms with van der Waals surface area (Å²) < 4.78 is 0. The van der Waals surface area contributed by atoms with Crippen molar-refractivity contribution in [3.05, 3.63) is 27.6 Å². The summed E-state index contributed by atoms with van der Waals surface area (Å²) >= 11 is 3.64. The smallest absolute Gasteiger partial charge is 0.133 e. The maximum Gasteiger partial charge on any atom is 0.133 e. The number of aromatic nitrogens is 1. The van der Waals surface area contributed by atoms with Crippen LogP contribution in [0.15, 0.2) is 12.1 Å². The van der Waals surface area contributed by atoms with Gasteiger partial charge in [0.2, 0.25) is 0 Å². The van der Waals surface area contributed by atoms with E-state index in [0.29, 0.717) is 0 Å².